The van der Waals surface area contributed by atoms with Gasteiger partial charge < -0.3 is 0 Å². The first kappa shape index (κ1) is 15.9. The van der Waals surface area contributed by atoms with Gasteiger partial charge >= 0.3 is 0 Å². The van der Waals surface area contributed by atoms with Crippen molar-refractivity contribution in [3.8, 4) is 0 Å². The highest BCUT2D eigenvalue weighted by atomic mass is 16.2. The molecule has 2 unspecified atom stereocenters. The highest BCUT2D eigenvalue weighted by molar-refractivity contribution is 6.05. The number of hydrogen-bond acceptors (Lipinski definition) is 2. The molecule has 0 bridgehead atoms. The van der Waals surface area contributed by atoms with Crippen LogP contribution < -0.4 is 0 Å². The Morgan fingerprint density at radius 2 is 2.00 bits per heavy atom. The van der Waals surface area contributed by atoms with E-state index in [4.69, 9.17) is 0 Å². The van der Waals surface area contributed by atoms with Crippen molar-refractivity contribution in [3.05, 3.63) is 13.2 Å². The zero-order chi connectivity index (χ0) is 14.6. The summed E-state index contributed by atoms with van der Waals surface area (Å²) in [5.74, 6) is 1.11. The molecule has 1 saturated heterocycles. The first-order valence-corrected chi connectivity index (χ1v) is 7.29. The first-order valence-electron chi connectivity index (χ1n) is 7.29. The summed E-state index contributed by atoms with van der Waals surface area (Å²) in [4.78, 5) is 26.0. The molecule has 0 N–H and O–H groups in total. The highest BCUT2D eigenvalue weighted by Crippen LogP contribution is 2.47. The summed E-state index contributed by atoms with van der Waals surface area (Å²) in [6, 6.07) is 0. The number of imide groups is 1. The molecular weight excluding hydrogens is 238 g/mol. The van der Waals surface area contributed by atoms with Gasteiger partial charge in [-0.05, 0) is 24.7 Å². The van der Waals surface area contributed by atoms with Crippen LogP contribution in [-0.2, 0) is 9.59 Å². The van der Waals surface area contributed by atoms with Crippen LogP contribution in [0, 0.1) is 17.3 Å². The normalized spacial score (nSPS) is 30.7. The second-order valence-corrected chi connectivity index (χ2v) is 6.36. The molecule has 3 heteroatoms. The smallest absolute Gasteiger partial charge is 0.235 e. The maximum absolute atomic E-state index is 12.5. The van der Waals surface area contributed by atoms with E-state index in [0.29, 0.717) is 24.8 Å². The summed E-state index contributed by atoms with van der Waals surface area (Å²) < 4.78 is 0. The highest BCUT2D eigenvalue weighted by Gasteiger charge is 2.52. The third-order valence-corrected chi connectivity index (χ3v) is 4.13. The molecule has 1 aliphatic heterocycles. The van der Waals surface area contributed by atoms with Crippen LogP contribution in [-0.4, -0.2) is 23.3 Å². The third kappa shape index (κ3) is 3.26. The molecule has 3 nitrogen and oxygen atoms in total. The average molecular weight is 265 g/mol. The van der Waals surface area contributed by atoms with Crippen LogP contribution in [0.1, 0.15) is 52.9 Å². The van der Waals surface area contributed by atoms with Crippen molar-refractivity contribution in [2.75, 3.05) is 6.54 Å². The Balaban J connectivity index is 0.000000861. The van der Waals surface area contributed by atoms with Crippen LogP contribution in [0.5, 0.6) is 0 Å². The SMILES string of the molecule is C=C.CC(C)CN1C(=O)CC2(CCCC(C)C2)C1=O. The third-order valence-electron chi connectivity index (χ3n) is 4.13. The molecule has 2 fully saturated rings. The van der Waals surface area contributed by atoms with Crippen LogP contribution >= 0.6 is 0 Å². The lowest BCUT2D eigenvalue weighted by Crippen LogP contribution is -2.39. The fraction of sp³-hybridized carbons (Fsp3) is 0.750. The molecule has 0 radical (unpaired) electrons. The molecule has 1 saturated carbocycles. The molecule has 1 aliphatic carbocycles. The van der Waals surface area contributed by atoms with Crippen LogP contribution in [0.4, 0.5) is 0 Å². The summed E-state index contributed by atoms with van der Waals surface area (Å²) in [5, 5.41) is 0. The van der Waals surface area contributed by atoms with Gasteiger partial charge in [-0.3, -0.25) is 14.5 Å². The van der Waals surface area contributed by atoms with Gasteiger partial charge in [0.25, 0.3) is 0 Å². The van der Waals surface area contributed by atoms with Gasteiger partial charge in [-0.15, -0.1) is 13.2 Å². The van der Waals surface area contributed by atoms with E-state index in [9.17, 15) is 9.59 Å². The van der Waals surface area contributed by atoms with E-state index in [1.165, 1.54) is 11.3 Å². The Labute approximate surface area is 117 Å². The minimum atomic E-state index is -0.330. The summed E-state index contributed by atoms with van der Waals surface area (Å²) in [6.07, 6.45) is 4.58. The predicted octanol–water partition coefficient (Wildman–Crippen LogP) is 3.40. The number of amides is 2. The minimum absolute atomic E-state index is 0.0535. The fourth-order valence-corrected chi connectivity index (χ4v) is 3.42. The number of likely N-dealkylation sites (tertiary alicyclic amines) is 1. The summed E-state index contributed by atoms with van der Waals surface area (Å²) >= 11 is 0. The molecule has 1 spiro atoms. The van der Waals surface area contributed by atoms with Crippen LogP contribution in [0.3, 0.4) is 0 Å². The Morgan fingerprint density at radius 3 is 2.53 bits per heavy atom. The molecule has 2 atom stereocenters. The van der Waals surface area contributed by atoms with E-state index in [0.717, 1.165) is 19.3 Å². The van der Waals surface area contributed by atoms with Crippen LogP contribution in [0.25, 0.3) is 0 Å². The zero-order valence-electron chi connectivity index (χ0n) is 12.6. The topological polar surface area (TPSA) is 37.4 Å². The fourth-order valence-electron chi connectivity index (χ4n) is 3.42. The molecule has 0 aromatic carbocycles. The number of carbonyl (C=O) groups is 2. The van der Waals surface area contributed by atoms with Crippen molar-refractivity contribution >= 4 is 11.8 Å². The molecular formula is C16H27NO2. The molecule has 19 heavy (non-hydrogen) atoms. The molecule has 0 aromatic heterocycles. The number of nitrogens with zero attached hydrogens (tertiary/aromatic N) is 1. The minimum Gasteiger partial charge on any atom is -0.282 e. The Bertz CT molecular complexity index is 351. The lowest BCUT2D eigenvalue weighted by atomic mass is 9.69. The first-order chi connectivity index (χ1) is 8.94. The summed E-state index contributed by atoms with van der Waals surface area (Å²) in [5.41, 5.74) is -0.330. The van der Waals surface area contributed by atoms with Crippen molar-refractivity contribution in [2.24, 2.45) is 17.3 Å². The van der Waals surface area contributed by atoms with Gasteiger partial charge in [0.1, 0.15) is 0 Å². The van der Waals surface area contributed by atoms with Gasteiger partial charge in [-0.25, -0.2) is 0 Å². The number of carbonyl (C=O) groups excluding carboxylic acids is 2. The zero-order valence-corrected chi connectivity index (χ0v) is 12.6. The standard InChI is InChI=1S/C14H23NO2.C2H4/c1-10(2)9-15-12(16)8-14(13(15)17)6-4-5-11(3)7-14;1-2/h10-11H,4-9H2,1-3H3;1-2H2. The lowest BCUT2D eigenvalue weighted by Gasteiger charge is -2.34. The van der Waals surface area contributed by atoms with Crippen LogP contribution in [0.15, 0.2) is 13.2 Å². The van der Waals surface area contributed by atoms with Crippen molar-refractivity contribution in [1.82, 2.24) is 4.90 Å². The monoisotopic (exact) mass is 265 g/mol. The van der Waals surface area contributed by atoms with Gasteiger partial charge in [-0.1, -0.05) is 33.6 Å². The second kappa shape index (κ2) is 6.36. The van der Waals surface area contributed by atoms with Gasteiger partial charge in [0.05, 0.1) is 5.41 Å². The average Bonchev–Trinajstić information content (AvgIpc) is 2.56. The lowest BCUT2D eigenvalue weighted by molar-refractivity contribution is -0.143. The van der Waals surface area contributed by atoms with Crippen molar-refractivity contribution < 1.29 is 9.59 Å². The summed E-state index contributed by atoms with van der Waals surface area (Å²) in [6.45, 7) is 12.9. The molecule has 2 aliphatic rings. The second-order valence-electron chi connectivity index (χ2n) is 6.36. The molecule has 108 valence electrons. The maximum atomic E-state index is 12.5. The Hall–Kier alpha value is -1.12. The van der Waals surface area contributed by atoms with Gasteiger partial charge in [0.2, 0.25) is 11.8 Å². The molecule has 2 rings (SSSR count). The van der Waals surface area contributed by atoms with Crippen molar-refractivity contribution in [3.63, 3.8) is 0 Å². The molecule has 2 amide bonds. The van der Waals surface area contributed by atoms with Crippen molar-refractivity contribution in [2.45, 2.75) is 52.9 Å². The predicted molar refractivity (Wildman–Crippen MR) is 77.5 cm³/mol. The van der Waals surface area contributed by atoms with Gasteiger partial charge in [-0.2, -0.15) is 0 Å². The number of rotatable bonds is 2. The van der Waals surface area contributed by atoms with E-state index in [2.05, 4.69) is 33.9 Å². The Morgan fingerprint density at radius 1 is 1.37 bits per heavy atom. The van der Waals surface area contributed by atoms with E-state index in [1.807, 2.05) is 0 Å². The quantitative estimate of drug-likeness (QED) is 0.567. The Kier molecular flexibility index (Phi) is 5.33. The van der Waals surface area contributed by atoms with Crippen LogP contribution in [0.2, 0.25) is 0 Å². The van der Waals surface area contributed by atoms with E-state index >= 15 is 0 Å². The van der Waals surface area contributed by atoms with Gasteiger partial charge in [0.15, 0.2) is 0 Å². The van der Waals surface area contributed by atoms with E-state index in [-0.39, 0.29) is 17.2 Å². The van der Waals surface area contributed by atoms with Gasteiger partial charge in [0, 0.05) is 13.0 Å². The maximum Gasteiger partial charge on any atom is 0.235 e. The molecule has 1 heterocycles. The largest absolute Gasteiger partial charge is 0.282 e. The number of hydrogen-bond donors (Lipinski definition) is 0. The summed E-state index contributed by atoms with van der Waals surface area (Å²) in [7, 11) is 0. The van der Waals surface area contributed by atoms with Crippen molar-refractivity contribution in [1.29, 1.82) is 0 Å². The van der Waals surface area contributed by atoms with E-state index < -0.39 is 0 Å². The molecule has 0 aromatic rings. The van der Waals surface area contributed by atoms with E-state index in [1.54, 1.807) is 0 Å².